The molecule has 0 aliphatic carbocycles. The minimum atomic E-state index is -0.908. The number of aromatic hydroxyl groups is 1. The molecule has 0 unspecified atom stereocenters. The Kier molecular flexibility index (Phi) is 10.2. The fraction of sp³-hybridized carbons (Fsp3) is 0.321. The van der Waals surface area contributed by atoms with E-state index in [4.69, 9.17) is 23.2 Å². The normalized spacial score (nSPS) is 12.8. The number of carbonyl (C=O) groups is 1. The van der Waals surface area contributed by atoms with Crippen molar-refractivity contribution < 1.29 is 20.1 Å². The van der Waals surface area contributed by atoms with Gasteiger partial charge in [-0.25, -0.2) is 0 Å². The molecular weight excluding hydrogens is 499 g/mol. The van der Waals surface area contributed by atoms with E-state index in [0.717, 1.165) is 16.7 Å². The van der Waals surface area contributed by atoms with E-state index in [1.54, 1.807) is 42.3 Å². The number of amides is 1. The molecule has 3 aromatic rings. The second kappa shape index (κ2) is 13.1. The lowest BCUT2D eigenvalue weighted by molar-refractivity contribution is -0.129. The monoisotopic (exact) mass is 530 g/mol. The predicted octanol–water partition coefficient (Wildman–Crippen LogP) is 4.65. The van der Waals surface area contributed by atoms with Crippen LogP contribution in [0.25, 0.3) is 0 Å². The van der Waals surface area contributed by atoms with Crippen molar-refractivity contribution in [2.45, 2.75) is 45.1 Å². The molecule has 192 valence electrons. The molecule has 0 saturated carbocycles. The third-order valence-corrected chi connectivity index (χ3v) is 6.80. The van der Waals surface area contributed by atoms with Crippen LogP contribution in [0.15, 0.2) is 60.7 Å². The van der Waals surface area contributed by atoms with Crippen molar-refractivity contribution in [3.8, 4) is 5.75 Å². The van der Waals surface area contributed by atoms with Crippen LogP contribution in [0.5, 0.6) is 5.75 Å². The summed E-state index contributed by atoms with van der Waals surface area (Å²) >= 11 is 12.1. The van der Waals surface area contributed by atoms with Gasteiger partial charge in [-0.15, -0.1) is 0 Å². The first-order chi connectivity index (χ1) is 17.2. The molecule has 0 bridgehead atoms. The van der Waals surface area contributed by atoms with Crippen molar-refractivity contribution in [1.29, 1.82) is 0 Å². The molecule has 0 fully saturated rings. The van der Waals surface area contributed by atoms with E-state index in [9.17, 15) is 20.1 Å². The molecule has 3 rings (SSSR count). The van der Waals surface area contributed by atoms with Crippen LogP contribution in [-0.4, -0.2) is 45.8 Å². The Balaban J connectivity index is 1.53. The van der Waals surface area contributed by atoms with Gasteiger partial charge in [0.15, 0.2) is 0 Å². The topological polar surface area (TPSA) is 93.0 Å². The van der Waals surface area contributed by atoms with Gasteiger partial charge in [0.1, 0.15) is 5.75 Å². The van der Waals surface area contributed by atoms with Gasteiger partial charge in [-0.1, -0.05) is 71.7 Å². The lowest BCUT2D eigenvalue weighted by Crippen LogP contribution is -2.32. The Morgan fingerprint density at radius 2 is 1.72 bits per heavy atom. The van der Waals surface area contributed by atoms with Crippen LogP contribution >= 0.6 is 23.2 Å². The highest BCUT2D eigenvalue weighted by molar-refractivity contribution is 6.42. The quantitative estimate of drug-likeness (QED) is 0.289. The molecule has 6 nitrogen and oxygen atoms in total. The molecule has 0 aliphatic heterocycles. The molecule has 0 radical (unpaired) electrons. The molecule has 0 aliphatic rings. The van der Waals surface area contributed by atoms with E-state index < -0.39 is 6.10 Å². The second-order valence-corrected chi connectivity index (χ2v) is 9.85. The van der Waals surface area contributed by atoms with Crippen LogP contribution in [0.1, 0.15) is 40.8 Å². The van der Waals surface area contributed by atoms with Gasteiger partial charge in [0.05, 0.1) is 29.2 Å². The van der Waals surface area contributed by atoms with E-state index >= 15 is 0 Å². The fourth-order valence-corrected chi connectivity index (χ4v) is 4.35. The van der Waals surface area contributed by atoms with Gasteiger partial charge in [0.25, 0.3) is 0 Å². The number of likely N-dealkylation sites (N-methyl/N-ethyl adjacent to an activating group) is 1. The summed E-state index contributed by atoms with van der Waals surface area (Å²) in [6.07, 6.45) is 0.0809. The zero-order valence-electron chi connectivity index (χ0n) is 20.4. The smallest absolute Gasteiger partial charge is 0.227 e. The van der Waals surface area contributed by atoms with Crippen molar-refractivity contribution >= 4 is 29.1 Å². The van der Waals surface area contributed by atoms with Crippen LogP contribution in [0.3, 0.4) is 0 Å². The standard InChI is InChI=1S/C28H32Cl2N2O4/c1-18(31-15-26(34)23-8-4-7-22(17-33)28(23)36)11-19-5-3-6-20(12-19)14-27(35)32(2)16-21-9-10-24(29)25(30)13-21/h3-10,12-13,18,26,31,33-34,36H,11,14-17H2,1-2H3/t18-,26-/m1/s1. The molecule has 36 heavy (non-hydrogen) atoms. The Morgan fingerprint density at radius 3 is 2.44 bits per heavy atom. The minimum Gasteiger partial charge on any atom is -0.507 e. The number of nitrogens with one attached hydrogen (secondary N) is 1. The second-order valence-electron chi connectivity index (χ2n) is 9.04. The summed E-state index contributed by atoms with van der Waals surface area (Å²) in [5, 5.41) is 34.3. The summed E-state index contributed by atoms with van der Waals surface area (Å²) in [5.41, 5.74) is 3.68. The van der Waals surface area contributed by atoms with Crippen LogP contribution in [0.4, 0.5) is 0 Å². The third kappa shape index (κ3) is 7.69. The van der Waals surface area contributed by atoms with E-state index in [0.29, 0.717) is 34.1 Å². The highest BCUT2D eigenvalue weighted by atomic mass is 35.5. The number of benzene rings is 3. The van der Waals surface area contributed by atoms with Crippen molar-refractivity contribution in [1.82, 2.24) is 10.2 Å². The number of phenols is 1. The molecule has 1 amide bonds. The van der Waals surface area contributed by atoms with Gasteiger partial charge in [-0.2, -0.15) is 0 Å². The fourth-order valence-electron chi connectivity index (χ4n) is 4.03. The highest BCUT2D eigenvalue weighted by Gasteiger charge is 2.16. The maximum absolute atomic E-state index is 12.8. The Labute approximate surface area is 222 Å². The summed E-state index contributed by atoms with van der Waals surface area (Å²) < 4.78 is 0. The third-order valence-electron chi connectivity index (χ3n) is 6.06. The van der Waals surface area contributed by atoms with Gasteiger partial charge >= 0.3 is 0 Å². The molecular formula is C28H32Cl2N2O4. The van der Waals surface area contributed by atoms with Crippen molar-refractivity contribution in [2.75, 3.05) is 13.6 Å². The largest absolute Gasteiger partial charge is 0.507 e. The summed E-state index contributed by atoms with van der Waals surface area (Å²) in [4.78, 5) is 14.4. The van der Waals surface area contributed by atoms with E-state index in [2.05, 4.69) is 5.32 Å². The highest BCUT2D eigenvalue weighted by Crippen LogP contribution is 2.28. The average molecular weight is 531 g/mol. The number of aliphatic hydroxyl groups is 2. The van der Waals surface area contributed by atoms with Crippen LogP contribution in [-0.2, 0) is 30.8 Å². The van der Waals surface area contributed by atoms with Gasteiger partial charge in [0, 0.05) is 37.3 Å². The van der Waals surface area contributed by atoms with E-state index in [1.807, 2.05) is 37.3 Å². The van der Waals surface area contributed by atoms with Crippen molar-refractivity contribution in [3.63, 3.8) is 0 Å². The molecule has 4 N–H and O–H groups in total. The number of para-hydroxylation sites is 1. The van der Waals surface area contributed by atoms with Crippen LogP contribution in [0.2, 0.25) is 10.0 Å². The molecule has 0 aromatic heterocycles. The Hall–Kier alpha value is -2.61. The molecule has 0 saturated heterocycles. The zero-order chi connectivity index (χ0) is 26.2. The van der Waals surface area contributed by atoms with Gasteiger partial charge in [0.2, 0.25) is 5.91 Å². The van der Waals surface area contributed by atoms with Crippen LogP contribution < -0.4 is 5.32 Å². The van der Waals surface area contributed by atoms with Gasteiger partial charge < -0.3 is 25.5 Å². The van der Waals surface area contributed by atoms with Crippen LogP contribution in [0, 0.1) is 0 Å². The molecule has 8 heteroatoms. The Morgan fingerprint density at radius 1 is 1.00 bits per heavy atom. The van der Waals surface area contributed by atoms with E-state index in [1.165, 1.54) is 0 Å². The lowest BCUT2D eigenvalue weighted by Gasteiger charge is -2.20. The molecule has 0 heterocycles. The molecule has 2 atom stereocenters. The van der Waals surface area contributed by atoms with Gasteiger partial charge in [-0.3, -0.25) is 4.79 Å². The first-order valence-electron chi connectivity index (χ1n) is 11.8. The number of hydrogen-bond donors (Lipinski definition) is 4. The SMILES string of the molecule is C[C@H](Cc1cccc(CC(=O)N(C)Cc2ccc(Cl)c(Cl)c2)c1)NC[C@@H](O)c1cccc(CO)c1O. The number of halogens is 2. The number of carbonyl (C=O) groups excluding carboxylic acids is 1. The summed E-state index contributed by atoms with van der Waals surface area (Å²) in [6.45, 7) is 2.41. The van der Waals surface area contributed by atoms with E-state index in [-0.39, 0.29) is 37.3 Å². The summed E-state index contributed by atoms with van der Waals surface area (Å²) in [7, 11) is 1.76. The maximum Gasteiger partial charge on any atom is 0.227 e. The van der Waals surface area contributed by atoms with Gasteiger partial charge in [-0.05, 0) is 42.2 Å². The molecule has 0 spiro atoms. The number of hydrogen-bond acceptors (Lipinski definition) is 5. The zero-order valence-corrected chi connectivity index (χ0v) is 21.9. The first kappa shape index (κ1) is 28.0. The summed E-state index contributed by atoms with van der Waals surface area (Å²) in [6, 6.07) is 18.3. The number of aliphatic hydroxyl groups excluding tert-OH is 2. The predicted molar refractivity (Wildman–Crippen MR) is 143 cm³/mol. The van der Waals surface area contributed by atoms with Crippen molar-refractivity contribution in [2.24, 2.45) is 0 Å². The Bertz CT molecular complexity index is 1190. The minimum absolute atomic E-state index is 0.00237. The van der Waals surface area contributed by atoms with Crippen molar-refractivity contribution in [3.05, 3.63) is 98.5 Å². The summed E-state index contributed by atoms with van der Waals surface area (Å²) in [5.74, 6) is -0.0825. The number of nitrogens with zero attached hydrogens (tertiary/aromatic N) is 1. The molecule has 3 aromatic carbocycles. The maximum atomic E-state index is 12.8. The average Bonchev–Trinajstić information content (AvgIpc) is 2.85. The first-order valence-corrected chi connectivity index (χ1v) is 12.5. The lowest BCUT2D eigenvalue weighted by atomic mass is 10.0. The number of rotatable bonds is 11.